The molecule has 0 bridgehead atoms. The molecule has 2 atom stereocenters. The minimum atomic E-state index is 0.803. The van der Waals surface area contributed by atoms with Crippen molar-refractivity contribution < 1.29 is 0 Å². The standard InChI is InChI=1S/C17H27NS/c1-2-12-18-17-10-6-9-16(17)11-13-19-14-15-7-4-3-5-8-15/h3-5,7-8,16-18H,2,6,9-14H2,1H3. The summed E-state index contributed by atoms with van der Waals surface area (Å²) < 4.78 is 0. The van der Waals surface area contributed by atoms with E-state index in [1.807, 2.05) is 0 Å². The van der Waals surface area contributed by atoms with Crippen LogP contribution in [0.1, 0.15) is 44.6 Å². The molecule has 0 radical (unpaired) electrons. The van der Waals surface area contributed by atoms with Gasteiger partial charge in [0.1, 0.15) is 0 Å². The van der Waals surface area contributed by atoms with Gasteiger partial charge in [-0.25, -0.2) is 0 Å². The van der Waals surface area contributed by atoms with Crippen molar-refractivity contribution >= 4 is 11.8 Å². The lowest BCUT2D eigenvalue weighted by Crippen LogP contribution is -2.33. The fourth-order valence-electron chi connectivity index (χ4n) is 2.98. The van der Waals surface area contributed by atoms with Gasteiger partial charge in [-0.2, -0.15) is 11.8 Å². The van der Waals surface area contributed by atoms with Gasteiger partial charge in [0.2, 0.25) is 0 Å². The van der Waals surface area contributed by atoms with Gasteiger partial charge in [0.25, 0.3) is 0 Å². The van der Waals surface area contributed by atoms with Gasteiger partial charge >= 0.3 is 0 Å². The molecule has 1 aromatic rings. The number of hydrogen-bond acceptors (Lipinski definition) is 2. The zero-order chi connectivity index (χ0) is 13.3. The maximum atomic E-state index is 3.73. The minimum absolute atomic E-state index is 0.803. The van der Waals surface area contributed by atoms with E-state index in [-0.39, 0.29) is 0 Å². The predicted octanol–water partition coefficient (Wildman–Crippen LogP) is 4.48. The first kappa shape index (κ1) is 14.9. The van der Waals surface area contributed by atoms with Gasteiger partial charge < -0.3 is 5.32 Å². The van der Waals surface area contributed by atoms with E-state index in [0.717, 1.165) is 12.0 Å². The predicted molar refractivity (Wildman–Crippen MR) is 86.6 cm³/mol. The molecule has 1 N–H and O–H groups in total. The van der Waals surface area contributed by atoms with Crippen LogP contribution >= 0.6 is 11.8 Å². The Hall–Kier alpha value is -0.470. The molecular weight excluding hydrogens is 250 g/mol. The first-order chi connectivity index (χ1) is 9.40. The van der Waals surface area contributed by atoms with Crippen LogP contribution in [-0.4, -0.2) is 18.3 Å². The third-order valence-corrected chi connectivity index (χ3v) is 5.12. The van der Waals surface area contributed by atoms with E-state index in [0.29, 0.717) is 0 Å². The molecule has 1 aliphatic rings. The van der Waals surface area contributed by atoms with Crippen LogP contribution in [0.2, 0.25) is 0 Å². The summed E-state index contributed by atoms with van der Waals surface area (Å²) in [5, 5.41) is 3.73. The van der Waals surface area contributed by atoms with Crippen LogP contribution in [0.3, 0.4) is 0 Å². The molecular formula is C17H27NS. The smallest absolute Gasteiger partial charge is 0.0184 e. The zero-order valence-corrected chi connectivity index (χ0v) is 12.9. The number of benzene rings is 1. The summed E-state index contributed by atoms with van der Waals surface area (Å²) in [4.78, 5) is 0. The Labute approximate surface area is 122 Å². The van der Waals surface area contributed by atoms with Crippen molar-refractivity contribution in [2.24, 2.45) is 5.92 Å². The van der Waals surface area contributed by atoms with Gasteiger partial charge in [0.05, 0.1) is 0 Å². The van der Waals surface area contributed by atoms with Crippen molar-refractivity contribution in [3.63, 3.8) is 0 Å². The Kier molecular flexibility index (Phi) is 6.80. The SMILES string of the molecule is CCCNC1CCCC1CCSCc1ccccc1. The van der Waals surface area contributed by atoms with Gasteiger partial charge in [-0.1, -0.05) is 43.7 Å². The minimum Gasteiger partial charge on any atom is -0.314 e. The molecule has 0 aliphatic heterocycles. The fraction of sp³-hybridized carbons (Fsp3) is 0.647. The molecule has 0 spiro atoms. The molecule has 0 aromatic heterocycles. The van der Waals surface area contributed by atoms with Crippen molar-refractivity contribution in [2.75, 3.05) is 12.3 Å². The largest absolute Gasteiger partial charge is 0.314 e. The van der Waals surface area contributed by atoms with Crippen molar-refractivity contribution in [3.05, 3.63) is 35.9 Å². The Morgan fingerprint density at radius 1 is 1.21 bits per heavy atom. The highest BCUT2D eigenvalue weighted by molar-refractivity contribution is 7.98. The van der Waals surface area contributed by atoms with Gasteiger partial charge in [-0.05, 0) is 49.5 Å². The molecule has 0 saturated heterocycles. The monoisotopic (exact) mass is 277 g/mol. The van der Waals surface area contributed by atoms with Crippen LogP contribution in [0.4, 0.5) is 0 Å². The summed E-state index contributed by atoms with van der Waals surface area (Å²) in [6.45, 7) is 3.45. The molecule has 2 heteroatoms. The van der Waals surface area contributed by atoms with Gasteiger partial charge in [-0.3, -0.25) is 0 Å². The van der Waals surface area contributed by atoms with Crippen LogP contribution in [0.15, 0.2) is 30.3 Å². The molecule has 2 rings (SSSR count). The molecule has 2 unspecified atom stereocenters. The maximum absolute atomic E-state index is 3.73. The Morgan fingerprint density at radius 3 is 2.84 bits per heavy atom. The van der Waals surface area contributed by atoms with E-state index in [1.54, 1.807) is 0 Å². The molecule has 106 valence electrons. The Morgan fingerprint density at radius 2 is 2.05 bits per heavy atom. The Balaban J connectivity index is 1.62. The fourth-order valence-corrected chi connectivity index (χ4v) is 4.02. The summed E-state index contributed by atoms with van der Waals surface area (Å²) in [5.74, 6) is 3.40. The normalized spacial score (nSPS) is 22.8. The molecule has 1 aliphatic carbocycles. The zero-order valence-electron chi connectivity index (χ0n) is 12.1. The summed E-state index contributed by atoms with van der Waals surface area (Å²) >= 11 is 2.09. The van der Waals surface area contributed by atoms with Crippen molar-refractivity contribution in [3.8, 4) is 0 Å². The topological polar surface area (TPSA) is 12.0 Å². The summed E-state index contributed by atoms with van der Waals surface area (Å²) in [6.07, 6.45) is 6.90. The van der Waals surface area contributed by atoms with Gasteiger partial charge in [0, 0.05) is 11.8 Å². The molecule has 0 amide bonds. The summed E-state index contributed by atoms with van der Waals surface area (Å²) in [5.41, 5.74) is 1.46. The molecule has 19 heavy (non-hydrogen) atoms. The van der Waals surface area contributed by atoms with Crippen molar-refractivity contribution in [1.82, 2.24) is 5.32 Å². The van der Waals surface area contributed by atoms with Crippen molar-refractivity contribution in [2.45, 2.75) is 50.8 Å². The first-order valence-electron chi connectivity index (χ1n) is 7.75. The number of thioether (sulfide) groups is 1. The third-order valence-electron chi connectivity index (χ3n) is 4.06. The second-order valence-electron chi connectivity index (χ2n) is 5.58. The van der Waals surface area contributed by atoms with Gasteiger partial charge in [-0.15, -0.1) is 0 Å². The molecule has 1 aromatic carbocycles. The number of rotatable bonds is 8. The highest BCUT2D eigenvalue weighted by Gasteiger charge is 2.25. The lowest BCUT2D eigenvalue weighted by Gasteiger charge is -2.20. The highest BCUT2D eigenvalue weighted by Crippen LogP contribution is 2.30. The van der Waals surface area contributed by atoms with E-state index >= 15 is 0 Å². The second kappa shape index (κ2) is 8.65. The molecule has 1 nitrogen and oxygen atoms in total. The van der Waals surface area contributed by atoms with Crippen LogP contribution < -0.4 is 5.32 Å². The second-order valence-corrected chi connectivity index (χ2v) is 6.68. The maximum Gasteiger partial charge on any atom is 0.0184 e. The lowest BCUT2D eigenvalue weighted by atomic mass is 10.0. The molecule has 1 saturated carbocycles. The van der Waals surface area contributed by atoms with E-state index in [4.69, 9.17) is 0 Å². The third kappa shape index (κ3) is 5.19. The quantitative estimate of drug-likeness (QED) is 0.703. The van der Waals surface area contributed by atoms with Crippen LogP contribution in [0.5, 0.6) is 0 Å². The molecule has 1 fully saturated rings. The van der Waals surface area contributed by atoms with E-state index < -0.39 is 0 Å². The number of hydrogen-bond donors (Lipinski definition) is 1. The average Bonchev–Trinajstić information content (AvgIpc) is 2.90. The van der Waals surface area contributed by atoms with E-state index in [2.05, 4.69) is 54.3 Å². The number of nitrogens with one attached hydrogen (secondary N) is 1. The lowest BCUT2D eigenvalue weighted by molar-refractivity contribution is 0.393. The van der Waals surface area contributed by atoms with Crippen LogP contribution in [-0.2, 0) is 5.75 Å². The summed E-state index contributed by atoms with van der Waals surface area (Å²) in [6, 6.07) is 11.6. The van der Waals surface area contributed by atoms with Gasteiger partial charge in [0.15, 0.2) is 0 Å². The first-order valence-corrected chi connectivity index (χ1v) is 8.90. The average molecular weight is 277 g/mol. The van der Waals surface area contributed by atoms with E-state index in [1.165, 1.54) is 55.7 Å². The van der Waals surface area contributed by atoms with Crippen LogP contribution in [0, 0.1) is 5.92 Å². The van der Waals surface area contributed by atoms with Crippen LogP contribution in [0.25, 0.3) is 0 Å². The Bertz CT molecular complexity index is 338. The highest BCUT2D eigenvalue weighted by atomic mass is 32.2. The summed E-state index contributed by atoms with van der Waals surface area (Å²) in [7, 11) is 0. The van der Waals surface area contributed by atoms with E-state index in [9.17, 15) is 0 Å². The molecule has 0 heterocycles. The van der Waals surface area contributed by atoms with Crippen molar-refractivity contribution in [1.29, 1.82) is 0 Å².